The van der Waals surface area contributed by atoms with Gasteiger partial charge in [0.15, 0.2) is 22.9 Å². The molecular formula is C28H33NO4. The second-order valence-corrected chi connectivity index (χ2v) is 10.3. The lowest BCUT2D eigenvalue weighted by atomic mass is 9.45. The van der Waals surface area contributed by atoms with Crippen molar-refractivity contribution in [3.63, 3.8) is 0 Å². The molecule has 4 aliphatic rings. The Kier molecular flexibility index (Phi) is 4.69. The van der Waals surface area contributed by atoms with Crippen LogP contribution in [0.5, 0.6) is 11.5 Å². The van der Waals surface area contributed by atoms with Gasteiger partial charge >= 0.3 is 0 Å². The average Bonchev–Trinajstić information content (AvgIpc) is 3.11. The van der Waals surface area contributed by atoms with Gasteiger partial charge in [0, 0.05) is 24.6 Å². The first-order chi connectivity index (χ1) is 16.0. The standard InChI is InChI=1S/C28H33NO4/c1-3-29-16-15-27-24-20-11-12-21(30)25(24)33-26(27,2)23(31)13-14-28(27,22(29)18-20)32-17-7-10-19-8-5-4-6-9-19/h4-6,8-9,11-12,22,30H,3,7,10,13-18H2,1-2H3/t22-,26+,27+,28-/m1/s1. The number of hydrogen-bond acceptors (Lipinski definition) is 5. The Bertz CT molecular complexity index is 1100. The number of rotatable bonds is 6. The molecule has 0 aromatic heterocycles. The van der Waals surface area contributed by atoms with E-state index in [0.29, 0.717) is 25.2 Å². The maximum absolute atomic E-state index is 13.5. The molecule has 5 heteroatoms. The first kappa shape index (κ1) is 21.2. The minimum absolute atomic E-state index is 0.137. The molecule has 2 aliphatic heterocycles. The molecule has 0 unspecified atom stereocenters. The van der Waals surface area contributed by atoms with Gasteiger partial charge in [-0.05, 0) is 69.3 Å². The Morgan fingerprint density at radius 3 is 2.79 bits per heavy atom. The topological polar surface area (TPSA) is 59.0 Å². The van der Waals surface area contributed by atoms with Crippen molar-refractivity contribution in [1.29, 1.82) is 0 Å². The number of likely N-dealkylation sites (tertiary alicyclic amines) is 1. The summed E-state index contributed by atoms with van der Waals surface area (Å²) in [5.74, 6) is 0.796. The summed E-state index contributed by atoms with van der Waals surface area (Å²) < 4.78 is 13.5. The number of phenolic OH excluding ortho intramolecular Hbond substituents is 1. The van der Waals surface area contributed by atoms with E-state index in [-0.39, 0.29) is 17.6 Å². The van der Waals surface area contributed by atoms with Gasteiger partial charge in [-0.3, -0.25) is 9.69 Å². The summed E-state index contributed by atoms with van der Waals surface area (Å²) in [7, 11) is 0. The zero-order chi connectivity index (χ0) is 22.8. The van der Waals surface area contributed by atoms with E-state index >= 15 is 0 Å². The summed E-state index contributed by atoms with van der Waals surface area (Å²) in [5, 5.41) is 10.7. The summed E-state index contributed by atoms with van der Waals surface area (Å²) in [4.78, 5) is 16.0. The Balaban J connectivity index is 1.44. The van der Waals surface area contributed by atoms with Crippen LogP contribution in [0.1, 0.15) is 56.2 Å². The van der Waals surface area contributed by atoms with Crippen LogP contribution in [-0.2, 0) is 27.8 Å². The van der Waals surface area contributed by atoms with Crippen molar-refractivity contribution >= 4 is 5.78 Å². The zero-order valence-electron chi connectivity index (χ0n) is 19.6. The number of aryl methyl sites for hydroxylation is 1. The number of Topliss-reactive ketones (excluding diaryl/α,β-unsaturated/α-hetero) is 1. The van der Waals surface area contributed by atoms with Crippen LogP contribution < -0.4 is 4.74 Å². The molecule has 1 spiro atoms. The highest BCUT2D eigenvalue weighted by Gasteiger charge is 2.78. The van der Waals surface area contributed by atoms with E-state index < -0.39 is 16.6 Å². The number of ketones is 1. The summed E-state index contributed by atoms with van der Waals surface area (Å²) in [6, 6.07) is 14.5. The molecule has 1 saturated carbocycles. The lowest BCUT2D eigenvalue weighted by molar-refractivity contribution is -0.230. The Morgan fingerprint density at radius 1 is 1.18 bits per heavy atom. The number of carbonyl (C=O) groups excluding carboxylic acids is 1. The minimum atomic E-state index is -1.00. The maximum atomic E-state index is 13.5. The van der Waals surface area contributed by atoms with E-state index in [1.54, 1.807) is 6.07 Å². The maximum Gasteiger partial charge on any atom is 0.177 e. The van der Waals surface area contributed by atoms with Gasteiger partial charge in [0.2, 0.25) is 0 Å². The highest BCUT2D eigenvalue weighted by atomic mass is 16.5. The van der Waals surface area contributed by atoms with Crippen LogP contribution in [0, 0.1) is 0 Å². The number of benzene rings is 2. The smallest absolute Gasteiger partial charge is 0.177 e. The molecule has 0 radical (unpaired) electrons. The van der Waals surface area contributed by atoms with Crippen molar-refractivity contribution in [2.24, 2.45) is 0 Å². The number of phenols is 1. The number of hydrogen-bond donors (Lipinski definition) is 1. The van der Waals surface area contributed by atoms with Gasteiger partial charge < -0.3 is 14.6 Å². The van der Waals surface area contributed by atoms with Crippen LogP contribution in [0.15, 0.2) is 42.5 Å². The molecule has 2 aromatic rings. The fraction of sp³-hybridized carbons (Fsp3) is 0.536. The number of aromatic hydroxyl groups is 1. The quantitative estimate of drug-likeness (QED) is 0.673. The fourth-order valence-corrected chi connectivity index (χ4v) is 7.68. The van der Waals surface area contributed by atoms with Gasteiger partial charge in [0.25, 0.3) is 0 Å². The third kappa shape index (κ3) is 2.58. The van der Waals surface area contributed by atoms with Crippen LogP contribution in [0.3, 0.4) is 0 Å². The first-order valence-electron chi connectivity index (χ1n) is 12.5. The Hall–Kier alpha value is -2.37. The number of piperidine rings is 1. The zero-order valence-corrected chi connectivity index (χ0v) is 19.6. The van der Waals surface area contributed by atoms with E-state index in [1.165, 1.54) is 11.1 Å². The van der Waals surface area contributed by atoms with Crippen LogP contribution in [0.4, 0.5) is 0 Å². The highest BCUT2D eigenvalue weighted by Crippen LogP contribution is 2.69. The lowest BCUT2D eigenvalue weighted by Crippen LogP contribution is -2.80. The molecule has 2 bridgehead atoms. The monoisotopic (exact) mass is 447 g/mol. The number of ether oxygens (including phenoxy) is 2. The number of nitrogens with zero attached hydrogens (tertiary/aromatic N) is 1. The lowest BCUT2D eigenvalue weighted by Gasteiger charge is -2.66. The Morgan fingerprint density at radius 2 is 2.00 bits per heavy atom. The van der Waals surface area contributed by atoms with Crippen LogP contribution in [-0.4, -0.2) is 52.7 Å². The molecular weight excluding hydrogens is 414 g/mol. The van der Waals surface area contributed by atoms with Gasteiger partial charge in [-0.15, -0.1) is 0 Å². The number of likely N-dealkylation sites (N-methyl/N-ethyl adjacent to an activating group) is 1. The summed E-state index contributed by atoms with van der Waals surface area (Å²) in [6.45, 7) is 6.71. The second-order valence-electron chi connectivity index (χ2n) is 10.3. The van der Waals surface area contributed by atoms with Gasteiger partial charge in [-0.25, -0.2) is 0 Å². The molecule has 1 N–H and O–H groups in total. The molecule has 33 heavy (non-hydrogen) atoms. The largest absolute Gasteiger partial charge is 0.504 e. The minimum Gasteiger partial charge on any atom is -0.504 e. The van der Waals surface area contributed by atoms with E-state index in [4.69, 9.17) is 9.47 Å². The molecule has 1 saturated heterocycles. The van der Waals surface area contributed by atoms with Crippen molar-refractivity contribution in [1.82, 2.24) is 4.90 Å². The van der Waals surface area contributed by atoms with Gasteiger partial charge in [0.05, 0.1) is 11.0 Å². The Labute approximate surface area is 195 Å². The van der Waals surface area contributed by atoms with Crippen molar-refractivity contribution in [3.8, 4) is 11.5 Å². The van der Waals surface area contributed by atoms with Gasteiger partial charge in [-0.1, -0.05) is 43.3 Å². The molecule has 5 nitrogen and oxygen atoms in total. The molecule has 2 fully saturated rings. The third-order valence-corrected chi connectivity index (χ3v) is 9.13. The second kappa shape index (κ2) is 7.31. The summed E-state index contributed by atoms with van der Waals surface area (Å²) >= 11 is 0. The molecule has 2 aromatic carbocycles. The molecule has 4 atom stereocenters. The highest BCUT2D eigenvalue weighted by molar-refractivity contribution is 5.94. The van der Waals surface area contributed by atoms with E-state index in [9.17, 15) is 9.90 Å². The average molecular weight is 448 g/mol. The van der Waals surface area contributed by atoms with E-state index in [0.717, 1.165) is 44.3 Å². The third-order valence-electron chi connectivity index (χ3n) is 9.13. The molecule has 174 valence electrons. The van der Waals surface area contributed by atoms with E-state index in [1.807, 2.05) is 19.1 Å². The van der Waals surface area contributed by atoms with Crippen molar-refractivity contribution in [3.05, 3.63) is 59.2 Å². The van der Waals surface area contributed by atoms with E-state index in [2.05, 4.69) is 36.1 Å². The SMILES string of the molecule is CCN1CC[C@]23c4c5ccc(O)c4O[C@@]2(C)C(=O)CC[C@@]3(OCCCc2ccccc2)[C@H]1C5. The van der Waals surface area contributed by atoms with Crippen molar-refractivity contribution in [2.75, 3.05) is 19.7 Å². The van der Waals surface area contributed by atoms with Gasteiger partial charge in [-0.2, -0.15) is 0 Å². The predicted molar refractivity (Wildman–Crippen MR) is 126 cm³/mol. The molecule has 2 aliphatic carbocycles. The van der Waals surface area contributed by atoms with Crippen molar-refractivity contribution in [2.45, 2.75) is 75.0 Å². The summed E-state index contributed by atoms with van der Waals surface area (Å²) in [5.41, 5.74) is 1.52. The summed E-state index contributed by atoms with van der Waals surface area (Å²) in [6.07, 6.45) is 4.75. The van der Waals surface area contributed by atoms with Crippen LogP contribution >= 0.6 is 0 Å². The molecule has 6 rings (SSSR count). The predicted octanol–water partition coefficient (Wildman–Crippen LogP) is 4.18. The van der Waals surface area contributed by atoms with Crippen LogP contribution in [0.25, 0.3) is 0 Å². The first-order valence-corrected chi connectivity index (χ1v) is 12.5. The molecule has 0 amide bonds. The number of carbonyl (C=O) groups is 1. The van der Waals surface area contributed by atoms with Crippen molar-refractivity contribution < 1.29 is 19.4 Å². The van der Waals surface area contributed by atoms with Crippen LogP contribution in [0.2, 0.25) is 0 Å². The van der Waals surface area contributed by atoms with Gasteiger partial charge in [0.1, 0.15) is 0 Å². The fourth-order valence-electron chi connectivity index (χ4n) is 7.68. The molecule has 2 heterocycles. The normalized spacial score (nSPS) is 34.1.